The molecule has 1 heterocycles. The smallest absolute Gasteiger partial charge is 0.218 e. The first-order chi connectivity index (χ1) is 7.08. The van der Waals surface area contributed by atoms with E-state index >= 15 is 0 Å². The highest BCUT2D eigenvalue weighted by Gasteiger charge is 2.07. The van der Waals surface area contributed by atoms with Gasteiger partial charge in [0.15, 0.2) is 5.82 Å². The topological polar surface area (TPSA) is 82.8 Å². The summed E-state index contributed by atoms with van der Waals surface area (Å²) in [6, 6.07) is 5.52. The molecule has 2 rings (SSSR count). The Labute approximate surface area is 95.2 Å². The van der Waals surface area contributed by atoms with E-state index in [4.69, 9.17) is 11.5 Å². The van der Waals surface area contributed by atoms with Crippen molar-refractivity contribution in [1.29, 1.82) is 0 Å². The van der Waals surface area contributed by atoms with Crippen LogP contribution in [0, 0.1) is 0 Å². The quantitative estimate of drug-likeness (QED) is 0.766. The van der Waals surface area contributed by atoms with Crippen molar-refractivity contribution in [3.63, 3.8) is 0 Å². The molecule has 4 N–H and O–H groups in total. The van der Waals surface area contributed by atoms with Gasteiger partial charge < -0.3 is 11.5 Å². The lowest BCUT2D eigenvalue weighted by Gasteiger charge is -1.99. The zero-order chi connectivity index (χ0) is 11.0. The summed E-state index contributed by atoms with van der Waals surface area (Å²) < 4.78 is 2.35. The number of nitrogen functional groups attached to an aromatic ring is 2. The van der Waals surface area contributed by atoms with Gasteiger partial charge in [0, 0.05) is 22.8 Å². The molecule has 0 bridgehead atoms. The Balaban J connectivity index is 2.49. The summed E-state index contributed by atoms with van der Waals surface area (Å²) in [4.78, 5) is 4.12. The highest BCUT2D eigenvalue weighted by molar-refractivity contribution is 9.10. The average molecular weight is 268 g/mol. The van der Waals surface area contributed by atoms with Gasteiger partial charge in [-0.1, -0.05) is 0 Å². The summed E-state index contributed by atoms with van der Waals surface area (Å²) in [7, 11) is 1.75. The Morgan fingerprint density at radius 3 is 2.60 bits per heavy atom. The number of nitrogens with two attached hydrogens (primary N) is 2. The second kappa shape index (κ2) is 3.54. The van der Waals surface area contributed by atoms with Crippen LogP contribution in [-0.2, 0) is 7.05 Å². The summed E-state index contributed by atoms with van der Waals surface area (Å²) in [5, 5.41) is 4.17. The monoisotopic (exact) mass is 267 g/mol. The number of aromatic nitrogens is 3. The molecule has 5 nitrogen and oxygen atoms in total. The van der Waals surface area contributed by atoms with Gasteiger partial charge in [-0.05, 0) is 34.1 Å². The van der Waals surface area contributed by atoms with Crippen molar-refractivity contribution < 1.29 is 0 Å². The van der Waals surface area contributed by atoms with Crippen LogP contribution in [0.2, 0.25) is 0 Å². The van der Waals surface area contributed by atoms with Crippen molar-refractivity contribution in [2.75, 3.05) is 11.5 Å². The van der Waals surface area contributed by atoms with Crippen molar-refractivity contribution in [2.24, 2.45) is 7.05 Å². The summed E-state index contributed by atoms with van der Waals surface area (Å²) in [6.07, 6.45) is 0. The minimum absolute atomic E-state index is 0.387. The van der Waals surface area contributed by atoms with E-state index in [1.54, 1.807) is 13.1 Å². The summed E-state index contributed by atoms with van der Waals surface area (Å²) in [5.74, 6) is 0.980. The van der Waals surface area contributed by atoms with Gasteiger partial charge in [-0.15, -0.1) is 5.10 Å². The van der Waals surface area contributed by atoms with Crippen molar-refractivity contribution in [2.45, 2.75) is 0 Å². The number of nitrogens with zero attached hydrogens (tertiary/aromatic N) is 3. The standard InChI is InChI=1S/C9H10BrN5/c1-15-9(12)13-8(14-15)5-2-3-7(11)6(10)4-5/h2-4H,11H2,1H3,(H2,12,13,14). The third-order valence-corrected chi connectivity index (χ3v) is 2.74. The number of benzene rings is 1. The minimum atomic E-state index is 0.387. The fourth-order valence-corrected chi connectivity index (χ4v) is 1.56. The minimum Gasteiger partial charge on any atom is -0.398 e. The van der Waals surface area contributed by atoms with Gasteiger partial charge in [0.2, 0.25) is 5.95 Å². The third-order valence-electron chi connectivity index (χ3n) is 2.06. The van der Waals surface area contributed by atoms with E-state index in [-0.39, 0.29) is 0 Å². The van der Waals surface area contributed by atoms with Crippen LogP contribution in [0.1, 0.15) is 0 Å². The molecule has 1 aromatic carbocycles. The van der Waals surface area contributed by atoms with Crippen LogP contribution >= 0.6 is 15.9 Å². The zero-order valence-corrected chi connectivity index (χ0v) is 9.69. The lowest BCUT2D eigenvalue weighted by Crippen LogP contribution is -1.97. The first-order valence-corrected chi connectivity index (χ1v) is 5.09. The maximum atomic E-state index is 5.68. The Morgan fingerprint density at radius 2 is 2.07 bits per heavy atom. The Bertz CT molecular complexity index is 486. The molecule has 0 spiro atoms. The average Bonchev–Trinajstić information content (AvgIpc) is 2.52. The number of hydrogen-bond donors (Lipinski definition) is 2. The molecule has 0 unspecified atom stereocenters. The molecule has 1 aromatic heterocycles. The molecule has 2 aromatic rings. The predicted octanol–water partition coefficient (Wildman–Crippen LogP) is 1.41. The van der Waals surface area contributed by atoms with Gasteiger partial charge in [0.1, 0.15) is 0 Å². The molecule has 0 radical (unpaired) electrons. The van der Waals surface area contributed by atoms with Gasteiger partial charge in [0.05, 0.1) is 0 Å². The molecule has 0 saturated carbocycles. The molecular formula is C9H10BrN5. The van der Waals surface area contributed by atoms with Crippen LogP contribution in [0.25, 0.3) is 11.4 Å². The second-order valence-electron chi connectivity index (χ2n) is 3.15. The van der Waals surface area contributed by atoms with Gasteiger partial charge in [0.25, 0.3) is 0 Å². The molecule has 0 saturated heterocycles. The SMILES string of the molecule is Cn1nc(-c2ccc(N)c(Br)c2)nc1N. The fraction of sp³-hybridized carbons (Fsp3) is 0.111. The summed E-state index contributed by atoms with van der Waals surface area (Å²) >= 11 is 3.35. The molecule has 0 fully saturated rings. The number of halogens is 1. The van der Waals surface area contributed by atoms with E-state index in [0.29, 0.717) is 17.5 Å². The maximum Gasteiger partial charge on any atom is 0.218 e. The molecule has 0 aliphatic carbocycles. The van der Waals surface area contributed by atoms with E-state index in [1.165, 1.54) is 4.68 Å². The number of rotatable bonds is 1. The highest BCUT2D eigenvalue weighted by atomic mass is 79.9. The van der Waals surface area contributed by atoms with Crippen molar-refractivity contribution >= 4 is 27.6 Å². The number of hydrogen-bond acceptors (Lipinski definition) is 4. The number of aryl methyl sites for hydroxylation is 1. The molecule has 0 aliphatic rings. The van der Waals surface area contributed by atoms with Gasteiger partial charge >= 0.3 is 0 Å². The molecule has 0 atom stereocenters. The van der Waals surface area contributed by atoms with Crippen molar-refractivity contribution in [1.82, 2.24) is 14.8 Å². The van der Waals surface area contributed by atoms with E-state index in [9.17, 15) is 0 Å². The third kappa shape index (κ3) is 1.80. The molecule has 0 aliphatic heterocycles. The molecule has 0 amide bonds. The van der Waals surface area contributed by atoms with Gasteiger partial charge in [-0.3, -0.25) is 0 Å². The zero-order valence-electron chi connectivity index (χ0n) is 8.11. The van der Waals surface area contributed by atoms with Crippen molar-refractivity contribution in [3.8, 4) is 11.4 Å². The summed E-state index contributed by atoms with van der Waals surface area (Å²) in [5.41, 5.74) is 12.8. The Hall–Kier alpha value is -1.56. The van der Waals surface area contributed by atoms with Gasteiger partial charge in [-0.25, -0.2) is 4.68 Å². The van der Waals surface area contributed by atoms with E-state index < -0.39 is 0 Å². The van der Waals surface area contributed by atoms with E-state index in [2.05, 4.69) is 26.0 Å². The van der Waals surface area contributed by atoms with Gasteiger partial charge in [-0.2, -0.15) is 4.98 Å². The predicted molar refractivity (Wildman–Crippen MR) is 63.0 cm³/mol. The van der Waals surface area contributed by atoms with Crippen LogP contribution in [0.5, 0.6) is 0 Å². The van der Waals surface area contributed by atoms with Crippen LogP contribution in [0.3, 0.4) is 0 Å². The molecule has 6 heteroatoms. The normalized spacial score (nSPS) is 10.5. The maximum absolute atomic E-state index is 5.68. The van der Waals surface area contributed by atoms with Crippen LogP contribution in [0.15, 0.2) is 22.7 Å². The van der Waals surface area contributed by atoms with E-state index in [1.807, 2.05) is 12.1 Å². The first kappa shape index (κ1) is 9.97. The number of anilines is 2. The molecule has 15 heavy (non-hydrogen) atoms. The summed E-state index contributed by atoms with van der Waals surface area (Å²) in [6.45, 7) is 0. The molecular weight excluding hydrogens is 258 g/mol. The highest BCUT2D eigenvalue weighted by Crippen LogP contribution is 2.25. The lowest BCUT2D eigenvalue weighted by molar-refractivity contribution is 0.781. The van der Waals surface area contributed by atoms with Crippen LogP contribution in [-0.4, -0.2) is 14.8 Å². The largest absolute Gasteiger partial charge is 0.398 e. The van der Waals surface area contributed by atoms with Crippen LogP contribution < -0.4 is 11.5 Å². The second-order valence-corrected chi connectivity index (χ2v) is 4.01. The van der Waals surface area contributed by atoms with Crippen LogP contribution in [0.4, 0.5) is 11.6 Å². The Morgan fingerprint density at radius 1 is 1.33 bits per heavy atom. The first-order valence-electron chi connectivity index (χ1n) is 4.30. The lowest BCUT2D eigenvalue weighted by atomic mass is 10.2. The van der Waals surface area contributed by atoms with E-state index in [0.717, 1.165) is 10.0 Å². The molecule has 78 valence electrons. The fourth-order valence-electron chi connectivity index (χ4n) is 1.19. The van der Waals surface area contributed by atoms with Crippen molar-refractivity contribution in [3.05, 3.63) is 22.7 Å². The Kier molecular flexibility index (Phi) is 2.36.